The number of rotatable bonds is 11. The first kappa shape index (κ1) is 16.8. The lowest BCUT2D eigenvalue weighted by Crippen LogP contribution is -2.15. The largest absolute Gasteiger partial charge is 0.493 e. The molecule has 0 aliphatic rings. The first-order chi connectivity index (χ1) is 9.81. The van der Waals surface area contributed by atoms with Crippen LogP contribution in [0.25, 0.3) is 0 Å². The van der Waals surface area contributed by atoms with Gasteiger partial charge in [0, 0.05) is 25.3 Å². The number of ether oxygens (including phenoxy) is 3. The number of benzene rings is 1. The van der Waals surface area contributed by atoms with E-state index in [4.69, 9.17) is 14.2 Å². The summed E-state index contributed by atoms with van der Waals surface area (Å²) >= 11 is 0. The minimum atomic E-state index is 0.550. The molecule has 1 aromatic carbocycles. The molecular weight excluding hydrogens is 254 g/mol. The van der Waals surface area contributed by atoms with Crippen molar-refractivity contribution >= 4 is 0 Å². The van der Waals surface area contributed by atoms with Crippen LogP contribution in [0, 0.1) is 0 Å². The van der Waals surface area contributed by atoms with Gasteiger partial charge in [-0.3, -0.25) is 0 Å². The van der Waals surface area contributed by atoms with Crippen LogP contribution in [-0.4, -0.2) is 33.5 Å². The molecule has 0 atom stereocenters. The van der Waals surface area contributed by atoms with Crippen molar-refractivity contribution < 1.29 is 14.2 Å². The summed E-state index contributed by atoms with van der Waals surface area (Å²) < 4.78 is 16.5. The highest BCUT2D eigenvalue weighted by molar-refractivity contribution is 5.40. The smallest absolute Gasteiger partial charge is 0.127 e. The van der Waals surface area contributed by atoms with Gasteiger partial charge in [-0.2, -0.15) is 0 Å². The van der Waals surface area contributed by atoms with Gasteiger partial charge in [0.2, 0.25) is 0 Å². The van der Waals surface area contributed by atoms with Gasteiger partial charge in [0.25, 0.3) is 0 Å². The van der Waals surface area contributed by atoms with Crippen LogP contribution >= 0.6 is 0 Å². The lowest BCUT2D eigenvalue weighted by molar-refractivity contribution is 0.145. The van der Waals surface area contributed by atoms with E-state index in [1.165, 1.54) is 0 Å². The van der Waals surface area contributed by atoms with Crippen molar-refractivity contribution in [3.63, 3.8) is 0 Å². The van der Waals surface area contributed by atoms with Crippen LogP contribution in [0.5, 0.6) is 11.5 Å². The quantitative estimate of drug-likeness (QED) is 0.633. The highest BCUT2D eigenvalue weighted by Gasteiger charge is 2.06. The van der Waals surface area contributed by atoms with Crippen LogP contribution in [0.3, 0.4) is 0 Å². The van der Waals surface area contributed by atoms with Crippen LogP contribution in [0.1, 0.15) is 32.3 Å². The molecule has 4 heteroatoms. The maximum absolute atomic E-state index is 5.78. The monoisotopic (exact) mass is 281 g/mol. The molecule has 0 aromatic heterocycles. The Labute approximate surface area is 122 Å². The van der Waals surface area contributed by atoms with Crippen molar-refractivity contribution in [1.29, 1.82) is 0 Å². The molecule has 0 fully saturated rings. The summed E-state index contributed by atoms with van der Waals surface area (Å²) in [6.07, 6.45) is 2.12. The molecule has 0 aliphatic carbocycles. The molecule has 1 rings (SSSR count). The third-order valence-electron chi connectivity index (χ3n) is 2.80. The Hall–Kier alpha value is -1.26. The van der Waals surface area contributed by atoms with Gasteiger partial charge in [-0.25, -0.2) is 0 Å². The van der Waals surface area contributed by atoms with Crippen LogP contribution in [0.2, 0.25) is 0 Å². The van der Waals surface area contributed by atoms with E-state index < -0.39 is 0 Å². The first-order valence-corrected chi connectivity index (χ1v) is 7.40. The summed E-state index contributed by atoms with van der Waals surface area (Å²) in [5.74, 6) is 1.73. The maximum atomic E-state index is 5.78. The van der Waals surface area contributed by atoms with Gasteiger partial charge in [-0.1, -0.05) is 19.9 Å². The van der Waals surface area contributed by atoms with Gasteiger partial charge in [0.05, 0.1) is 13.2 Å². The van der Waals surface area contributed by atoms with E-state index in [9.17, 15) is 0 Å². The number of methoxy groups -OCH3 is 1. The summed E-state index contributed by atoms with van der Waals surface area (Å²) in [5.41, 5.74) is 1.15. The molecule has 0 heterocycles. The Bertz CT molecular complexity index is 369. The van der Waals surface area contributed by atoms with E-state index in [0.717, 1.165) is 49.6 Å². The van der Waals surface area contributed by atoms with E-state index in [-0.39, 0.29) is 0 Å². The molecule has 1 N–H and O–H groups in total. The Morgan fingerprint density at radius 3 is 2.55 bits per heavy atom. The predicted octanol–water partition coefficient (Wildman–Crippen LogP) is 3.00. The molecule has 4 nitrogen and oxygen atoms in total. The maximum Gasteiger partial charge on any atom is 0.127 e. The van der Waals surface area contributed by atoms with E-state index in [0.29, 0.717) is 13.2 Å². The Morgan fingerprint density at radius 2 is 1.85 bits per heavy atom. The van der Waals surface area contributed by atoms with Gasteiger partial charge in [0.1, 0.15) is 18.1 Å². The number of nitrogens with one attached hydrogen (secondary N) is 1. The van der Waals surface area contributed by atoms with E-state index in [1.807, 2.05) is 12.1 Å². The average molecular weight is 281 g/mol. The Kier molecular flexibility index (Phi) is 8.83. The SMILES string of the molecule is CCCNCc1ccc(OCCC)cc1OCCOC. The van der Waals surface area contributed by atoms with Gasteiger partial charge in [-0.15, -0.1) is 0 Å². The average Bonchev–Trinajstić information content (AvgIpc) is 2.47. The van der Waals surface area contributed by atoms with Crippen molar-refractivity contribution in [3.05, 3.63) is 23.8 Å². The Balaban J connectivity index is 2.68. The van der Waals surface area contributed by atoms with Crippen molar-refractivity contribution in [2.24, 2.45) is 0 Å². The zero-order valence-electron chi connectivity index (χ0n) is 12.9. The van der Waals surface area contributed by atoms with Crippen LogP contribution in [-0.2, 0) is 11.3 Å². The molecule has 0 amide bonds. The normalized spacial score (nSPS) is 10.6. The molecule has 0 spiro atoms. The molecule has 114 valence electrons. The zero-order chi connectivity index (χ0) is 14.6. The van der Waals surface area contributed by atoms with Gasteiger partial charge >= 0.3 is 0 Å². The van der Waals surface area contributed by atoms with Crippen LogP contribution < -0.4 is 14.8 Å². The zero-order valence-corrected chi connectivity index (χ0v) is 12.9. The summed E-state index contributed by atoms with van der Waals surface area (Å²) in [7, 11) is 1.67. The van der Waals surface area contributed by atoms with Crippen molar-refractivity contribution in [3.8, 4) is 11.5 Å². The topological polar surface area (TPSA) is 39.7 Å². The second-order valence-corrected chi connectivity index (χ2v) is 4.64. The van der Waals surface area contributed by atoms with E-state index in [1.54, 1.807) is 7.11 Å². The fraction of sp³-hybridized carbons (Fsp3) is 0.625. The minimum absolute atomic E-state index is 0.550. The van der Waals surface area contributed by atoms with Gasteiger partial charge < -0.3 is 19.5 Å². The third kappa shape index (κ3) is 6.26. The first-order valence-electron chi connectivity index (χ1n) is 7.40. The molecule has 0 bridgehead atoms. The molecule has 20 heavy (non-hydrogen) atoms. The lowest BCUT2D eigenvalue weighted by atomic mass is 10.2. The van der Waals surface area contributed by atoms with E-state index in [2.05, 4.69) is 25.2 Å². The van der Waals surface area contributed by atoms with Gasteiger partial charge in [0.15, 0.2) is 0 Å². The molecule has 1 aromatic rings. The molecule has 0 radical (unpaired) electrons. The summed E-state index contributed by atoms with van der Waals surface area (Å²) in [4.78, 5) is 0. The standard InChI is InChI=1S/C16H27NO3/c1-4-8-17-13-14-6-7-15(19-9-5-2)12-16(14)20-11-10-18-3/h6-7,12,17H,4-5,8-11,13H2,1-3H3. The Morgan fingerprint density at radius 1 is 1.00 bits per heavy atom. The van der Waals surface area contributed by atoms with E-state index >= 15 is 0 Å². The summed E-state index contributed by atoms with van der Waals surface area (Å²) in [6.45, 7) is 7.93. The van der Waals surface area contributed by atoms with Crippen molar-refractivity contribution in [2.45, 2.75) is 33.2 Å². The summed E-state index contributed by atoms with van der Waals surface area (Å²) in [6, 6.07) is 6.03. The highest BCUT2D eigenvalue weighted by Crippen LogP contribution is 2.25. The highest BCUT2D eigenvalue weighted by atomic mass is 16.5. The third-order valence-corrected chi connectivity index (χ3v) is 2.80. The lowest BCUT2D eigenvalue weighted by Gasteiger charge is -2.14. The second-order valence-electron chi connectivity index (χ2n) is 4.64. The minimum Gasteiger partial charge on any atom is -0.493 e. The predicted molar refractivity (Wildman–Crippen MR) is 81.6 cm³/mol. The number of hydrogen-bond acceptors (Lipinski definition) is 4. The van der Waals surface area contributed by atoms with Crippen molar-refractivity contribution in [2.75, 3.05) is 33.5 Å². The molecule has 0 saturated heterocycles. The van der Waals surface area contributed by atoms with Crippen LogP contribution in [0.4, 0.5) is 0 Å². The summed E-state index contributed by atoms with van der Waals surface area (Å²) in [5, 5.41) is 3.39. The molecule has 0 unspecified atom stereocenters. The van der Waals surface area contributed by atoms with Crippen LogP contribution in [0.15, 0.2) is 18.2 Å². The molecule has 0 aliphatic heterocycles. The molecular formula is C16H27NO3. The van der Waals surface area contributed by atoms with Gasteiger partial charge in [-0.05, 0) is 25.5 Å². The van der Waals surface area contributed by atoms with Crippen molar-refractivity contribution in [1.82, 2.24) is 5.32 Å². The fourth-order valence-electron chi connectivity index (χ4n) is 1.76. The fourth-order valence-corrected chi connectivity index (χ4v) is 1.76. The molecule has 0 saturated carbocycles. The second kappa shape index (κ2) is 10.5. The number of hydrogen-bond donors (Lipinski definition) is 1.